The third kappa shape index (κ3) is 4.49. The Labute approximate surface area is 185 Å². The lowest BCUT2D eigenvalue weighted by molar-refractivity contribution is 0.373. The third-order valence-electron chi connectivity index (χ3n) is 4.95. The van der Waals surface area contributed by atoms with E-state index in [-0.39, 0.29) is 29.6 Å². The second-order valence-corrected chi connectivity index (χ2v) is 9.22. The highest BCUT2D eigenvalue weighted by Crippen LogP contribution is 2.26. The number of halogens is 1. The van der Waals surface area contributed by atoms with E-state index in [9.17, 15) is 13.7 Å². The first-order valence-corrected chi connectivity index (χ1v) is 11.4. The van der Waals surface area contributed by atoms with Crippen molar-refractivity contribution in [2.24, 2.45) is 0 Å². The zero-order valence-electron chi connectivity index (χ0n) is 16.5. The van der Waals surface area contributed by atoms with E-state index in [1.807, 2.05) is 23.1 Å². The molecule has 1 aliphatic heterocycles. The van der Waals surface area contributed by atoms with Crippen LogP contribution in [-0.4, -0.2) is 43.9 Å². The summed E-state index contributed by atoms with van der Waals surface area (Å²) in [6.45, 7) is 1.36. The zero-order chi connectivity index (χ0) is 21.8. The van der Waals surface area contributed by atoms with Crippen LogP contribution >= 0.6 is 11.6 Å². The van der Waals surface area contributed by atoms with Crippen LogP contribution in [0.1, 0.15) is 17.1 Å². The summed E-state index contributed by atoms with van der Waals surface area (Å²) in [6.07, 6.45) is 3.42. The Hall–Kier alpha value is -3.12. The number of anilines is 1. The highest BCUT2D eigenvalue weighted by molar-refractivity contribution is 7.89. The Morgan fingerprint density at radius 2 is 1.68 bits per heavy atom. The van der Waals surface area contributed by atoms with Gasteiger partial charge in [-0.15, -0.1) is 0 Å². The number of hydrogen-bond acceptors (Lipinski definition) is 6. The second kappa shape index (κ2) is 8.94. The van der Waals surface area contributed by atoms with Gasteiger partial charge in [0.25, 0.3) is 0 Å². The molecule has 1 aromatic heterocycles. The molecule has 0 aliphatic carbocycles. The van der Waals surface area contributed by atoms with Gasteiger partial charge in [-0.25, -0.2) is 8.42 Å². The summed E-state index contributed by atoms with van der Waals surface area (Å²) >= 11 is 6.15. The van der Waals surface area contributed by atoms with Crippen molar-refractivity contribution in [3.8, 4) is 6.07 Å². The minimum atomic E-state index is -3.55. The Bertz CT molecular complexity index is 1240. The van der Waals surface area contributed by atoms with E-state index in [0.29, 0.717) is 24.0 Å². The zero-order valence-corrected chi connectivity index (χ0v) is 18.1. The van der Waals surface area contributed by atoms with E-state index in [1.54, 1.807) is 48.6 Å². The van der Waals surface area contributed by atoms with Crippen LogP contribution in [0.15, 0.2) is 63.9 Å². The molecule has 4 rings (SSSR count). The molecule has 7 nitrogen and oxygen atoms in total. The summed E-state index contributed by atoms with van der Waals surface area (Å²) in [7, 11) is -3.55. The van der Waals surface area contributed by atoms with Crippen LogP contribution < -0.4 is 4.90 Å². The number of rotatable bonds is 5. The van der Waals surface area contributed by atoms with Gasteiger partial charge in [-0.2, -0.15) is 14.6 Å². The van der Waals surface area contributed by atoms with E-state index < -0.39 is 10.0 Å². The van der Waals surface area contributed by atoms with Gasteiger partial charge >= 0.3 is 0 Å². The number of oxazole rings is 1. The minimum Gasteiger partial charge on any atom is -0.420 e. The molecular weight excluding hydrogens is 436 g/mol. The molecule has 1 saturated heterocycles. The number of nitriles is 1. The lowest BCUT2D eigenvalue weighted by Gasteiger charge is -2.33. The van der Waals surface area contributed by atoms with Gasteiger partial charge in [0, 0.05) is 37.3 Å². The summed E-state index contributed by atoms with van der Waals surface area (Å²) in [6, 6.07) is 17.8. The fourth-order valence-electron chi connectivity index (χ4n) is 3.33. The first-order chi connectivity index (χ1) is 15.0. The van der Waals surface area contributed by atoms with Crippen LogP contribution in [0.2, 0.25) is 5.02 Å². The molecule has 0 unspecified atom stereocenters. The van der Waals surface area contributed by atoms with Crippen molar-refractivity contribution in [3.63, 3.8) is 0 Å². The summed E-state index contributed by atoms with van der Waals surface area (Å²) in [5.41, 5.74) is 0.973. The lowest BCUT2D eigenvalue weighted by Crippen LogP contribution is -2.48. The highest BCUT2D eigenvalue weighted by atomic mass is 35.5. The van der Waals surface area contributed by atoms with Crippen molar-refractivity contribution in [2.45, 2.75) is 4.90 Å². The number of hydrogen-bond donors (Lipinski definition) is 0. The highest BCUT2D eigenvalue weighted by Gasteiger charge is 2.30. The number of benzene rings is 2. The van der Waals surface area contributed by atoms with Crippen LogP contribution in [0, 0.1) is 11.3 Å². The van der Waals surface area contributed by atoms with Gasteiger partial charge in [0.1, 0.15) is 6.07 Å². The number of piperazine rings is 1. The van der Waals surface area contributed by atoms with Crippen molar-refractivity contribution in [3.05, 3.63) is 76.8 Å². The predicted octanol–water partition coefficient (Wildman–Crippen LogP) is 3.88. The maximum atomic E-state index is 12.8. The molecule has 3 aromatic rings. The SMILES string of the molecule is N#Cc1nc(/C=C/c2ccccc2Cl)oc1N1CCN(S(=O)(=O)c2ccccc2)CC1. The molecule has 2 aromatic carbocycles. The fraction of sp³-hybridized carbons (Fsp3) is 0.182. The van der Waals surface area contributed by atoms with Crippen LogP contribution in [-0.2, 0) is 10.0 Å². The quantitative estimate of drug-likeness (QED) is 0.581. The van der Waals surface area contributed by atoms with Crippen molar-refractivity contribution >= 4 is 39.7 Å². The molecular formula is C22H19ClN4O3S. The molecule has 0 saturated carbocycles. The minimum absolute atomic E-state index is 0.165. The van der Waals surface area contributed by atoms with Crippen molar-refractivity contribution in [2.75, 3.05) is 31.1 Å². The maximum absolute atomic E-state index is 12.8. The molecule has 9 heteroatoms. The molecule has 2 heterocycles. The van der Waals surface area contributed by atoms with Gasteiger partial charge < -0.3 is 9.32 Å². The number of sulfonamides is 1. The van der Waals surface area contributed by atoms with E-state index in [1.165, 1.54) is 4.31 Å². The van der Waals surface area contributed by atoms with Crippen LogP contribution in [0.5, 0.6) is 0 Å². The van der Waals surface area contributed by atoms with Gasteiger partial charge in [0.05, 0.1) is 4.90 Å². The molecule has 0 radical (unpaired) electrons. The van der Waals surface area contributed by atoms with Gasteiger partial charge in [-0.1, -0.05) is 48.0 Å². The Morgan fingerprint density at radius 1 is 1.00 bits per heavy atom. The van der Waals surface area contributed by atoms with E-state index in [0.717, 1.165) is 5.56 Å². The first-order valence-electron chi connectivity index (χ1n) is 9.63. The van der Waals surface area contributed by atoms with E-state index in [2.05, 4.69) is 11.1 Å². The van der Waals surface area contributed by atoms with Crippen molar-refractivity contribution in [1.29, 1.82) is 5.26 Å². The van der Waals surface area contributed by atoms with E-state index in [4.69, 9.17) is 16.0 Å². The summed E-state index contributed by atoms with van der Waals surface area (Å²) in [5, 5.41) is 10.1. The Balaban J connectivity index is 1.49. The first kappa shape index (κ1) is 21.1. The monoisotopic (exact) mass is 454 g/mol. The molecule has 0 amide bonds. The molecule has 1 aliphatic rings. The standard InChI is InChI=1S/C22H19ClN4O3S/c23-19-9-5-4-6-17(19)10-11-21-25-20(16-24)22(30-21)26-12-14-27(15-13-26)31(28,29)18-7-2-1-3-8-18/h1-11H,12-15H2/b11-10+. The van der Waals surface area contributed by atoms with Gasteiger partial charge in [0.15, 0.2) is 0 Å². The lowest BCUT2D eigenvalue weighted by atomic mass is 10.2. The average molecular weight is 455 g/mol. The fourth-order valence-corrected chi connectivity index (χ4v) is 4.97. The molecule has 0 bridgehead atoms. The number of aromatic nitrogens is 1. The topological polar surface area (TPSA) is 90.4 Å². The van der Waals surface area contributed by atoms with Crippen LogP contribution in [0.25, 0.3) is 12.2 Å². The molecule has 31 heavy (non-hydrogen) atoms. The smallest absolute Gasteiger partial charge is 0.243 e. The van der Waals surface area contributed by atoms with Crippen molar-refractivity contribution < 1.29 is 12.8 Å². The van der Waals surface area contributed by atoms with Gasteiger partial charge in [0.2, 0.25) is 27.5 Å². The molecule has 0 spiro atoms. The summed E-state index contributed by atoms with van der Waals surface area (Å²) in [5.74, 6) is 0.629. The number of nitrogens with zero attached hydrogens (tertiary/aromatic N) is 4. The molecule has 158 valence electrons. The molecule has 0 N–H and O–H groups in total. The Morgan fingerprint density at radius 3 is 2.35 bits per heavy atom. The van der Waals surface area contributed by atoms with Gasteiger partial charge in [-0.3, -0.25) is 0 Å². The predicted molar refractivity (Wildman–Crippen MR) is 119 cm³/mol. The molecule has 0 atom stereocenters. The van der Waals surface area contributed by atoms with Gasteiger partial charge in [-0.05, 0) is 29.8 Å². The normalized spacial score (nSPS) is 15.3. The largest absolute Gasteiger partial charge is 0.420 e. The second-order valence-electron chi connectivity index (χ2n) is 6.88. The average Bonchev–Trinajstić information content (AvgIpc) is 3.22. The van der Waals surface area contributed by atoms with E-state index >= 15 is 0 Å². The summed E-state index contributed by atoms with van der Waals surface area (Å²) in [4.78, 5) is 6.35. The summed E-state index contributed by atoms with van der Waals surface area (Å²) < 4.78 is 32.9. The molecule has 1 fully saturated rings. The van der Waals surface area contributed by atoms with Crippen molar-refractivity contribution in [1.82, 2.24) is 9.29 Å². The Kier molecular flexibility index (Phi) is 6.09. The van der Waals surface area contributed by atoms with Crippen LogP contribution in [0.4, 0.5) is 5.88 Å². The third-order valence-corrected chi connectivity index (χ3v) is 7.21. The maximum Gasteiger partial charge on any atom is 0.243 e. The van der Waals surface area contributed by atoms with Crippen LogP contribution in [0.3, 0.4) is 0 Å².